The lowest BCUT2D eigenvalue weighted by molar-refractivity contribution is 0.00578. The number of urea groups is 1. The number of halogens is 1. The van der Waals surface area contributed by atoms with E-state index < -0.39 is 24.5 Å². The molecule has 3 aliphatic rings. The standard InChI is InChI=1S/C21H24BClN2O4/c1-13-14(22-28-20(2,3)21(4,5)29-22)8-6-10-16(13)25-18(26)12-17-15(23)9-7-11-24(17)19(25)27/h6-12,18,26H,1-5H3/t18-/m1/s1. The minimum Gasteiger partial charge on any atom is -0.399 e. The molecule has 152 valence electrons. The average Bonchev–Trinajstić information content (AvgIpc) is 2.85. The molecule has 8 heteroatoms. The van der Waals surface area contributed by atoms with E-state index in [9.17, 15) is 9.90 Å². The molecule has 1 N–H and O–H groups in total. The summed E-state index contributed by atoms with van der Waals surface area (Å²) < 4.78 is 12.4. The van der Waals surface area contributed by atoms with Crippen molar-refractivity contribution >= 4 is 35.9 Å². The molecule has 2 amide bonds. The van der Waals surface area contributed by atoms with Crippen LogP contribution in [0.2, 0.25) is 0 Å². The van der Waals surface area contributed by atoms with E-state index in [0.29, 0.717) is 16.4 Å². The fourth-order valence-electron chi connectivity index (χ4n) is 3.64. The summed E-state index contributed by atoms with van der Waals surface area (Å²) in [4.78, 5) is 15.9. The van der Waals surface area contributed by atoms with E-state index in [0.717, 1.165) is 11.0 Å². The number of amides is 2. The highest BCUT2D eigenvalue weighted by molar-refractivity contribution is 6.62. The van der Waals surface area contributed by atoms with E-state index in [1.807, 2.05) is 46.8 Å². The fourth-order valence-corrected chi connectivity index (χ4v) is 3.87. The van der Waals surface area contributed by atoms with Crippen molar-refractivity contribution in [3.05, 3.63) is 58.9 Å². The zero-order valence-electron chi connectivity index (χ0n) is 17.1. The molecule has 1 aromatic carbocycles. The molecule has 1 saturated heterocycles. The number of nitrogens with zero attached hydrogens (tertiary/aromatic N) is 2. The number of hydrogen-bond acceptors (Lipinski definition) is 4. The zero-order chi connectivity index (χ0) is 21.1. The van der Waals surface area contributed by atoms with Crippen LogP contribution in [0.4, 0.5) is 10.5 Å². The summed E-state index contributed by atoms with van der Waals surface area (Å²) in [6.45, 7) is 9.88. The summed E-state index contributed by atoms with van der Waals surface area (Å²) in [6.07, 6.45) is 5.43. The molecule has 4 rings (SSSR count). The van der Waals surface area contributed by atoms with Crippen molar-refractivity contribution in [2.75, 3.05) is 4.90 Å². The van der Waals surface area contributed by atoms with E-state index in [4.69, 9.17) is 20.9 Å². The van der Waals surface area contributed by atoms with Crippen molar-refractivity contribution in [1.29, 1.82) is 0 Å². The second-order valence-electron chi connectivity index (χ2n) is 8.42. The third kappa shape index (κ3) is 3.13. The van der Waals surface area contributed by atoms with E-state index >= 15 is 0 Å². The molecule has 0 spiro atoms. The van der Waals surface area contributed by atoms with Gasteiger partial charge in [0.05, 0.1) is 27.6 Å². The Balaban J connectivity index is 1.73. The molecule has 1 atom stereocenters. The van der Waals surface area contributed by atoms with Crippen LogP contribution in [0.3, 0.4) is 0 Å². The average molecular weight is 415 g/mol. The van der Waals surface area contributed by atoms with Crippen molar-refractivity contribution in [1.82, 2.24) is 4.90 Å². The molecule has 1 fully saturated rings. The zero-order valence-corrected chi connectivity index (χ0v) is 17.9. The number of carbonyl (C=O) groups excluding carboxylic acids is 1. The van der Waals surface area contributed by atoms with Crippen molar-refractivity contribution in [3.63, 3.8) is 0 Å². The number of rotatable bonds is 2. The number of anilines is 1. The fraction of sp³-hybridized carbons (Fsp3) is 0.381. The van der Waals surface area contributed by atoms with Crippen LogP contribution in [0, 0.1) is 6.92 Å². The summed E-state index contributed by atoms with van der Waals surface area (Å²) >= 11 is 6.20. The first-order valence-corrected chi connectivity index (χ1v) is 9.93. The number of allylic oxidation sites excluding steroid dienone is 3. The number of fused-ring (bicyclic) bond motifs is 1. The molecular formula is C21H24BClN2O4. The van der Waals surface area contributed by atoms with Gasteiger partial charge >= 0.3 is 13.1 Å². The highest BCUT2D eigenvalue weighted by Crippen LogP contribution is 2.38. The maximum absolute atomic E-state index is 13.2. The van der Waals surface area contributed by atoms with Crippen molar-refractivity contribution < 1.29 is 19.2 Å². The van der Waals surface area contributed by atoms with Crippen LogP contribution in [0.15, 0.2) is 53.4 Å². The summed E-state index contributed by atoms with van der Waals surface area (Å²) in [7, 11) is -0.560. The molecule has 0 unspecified atom stereocenters. The van der Waals surface area contributed by atoms with Crippen molar-refractivity contribution in [2.24, 2.45) is 0 Å². The molecule has 0 radical (unpaired) electrons. The first kappa shape index (κ1) is 20.2. The predicted octanol–water partition coefficient (Wildman–Crippen LogP) is 3.39. The molecule has 0 aliphatic carbocycles. The molecule has 3 heterocycles. The third-order valence-corrected chi connectivity index (χ3v) is 6.40. The monoisotopic (exact) mass is 414 g/mol. The van der Waals surface area contributed by atoms with Crippen LogP contribution in [0.1, 0.15) is 33.3 Å². The van der Waals surface area contributed by atoms with Crippen molar-refractivity contribution in [3.8, 4) is 0 Å². The quantitative estimate of drug-likeness (QED) is 0.754. The lowest BCUT2D eigenvalue weighted by Gasteiger charge is -2.38. The van der Waals surface area contributed by atoms with Gasteiger partial charge in [-0.2, -0.15) is 0 Å². The topological polar surface area (TPSA) is 62.2 Å². The lowest BCUT2D eigenvalue weighted by Crippen LogP contribution is -2.51. The largest absolute Gasteiger partial charge is 0.495 e. The molecular weight excluding hydrogens is 391 g/mol. The summed E-state index contributed by atoms with van der Waals surface area (Å²) in [5.41, 5.74) is 1.74. The Bertz CT molecular complexity index is 953. The van der Waals surface area contributed by atoms with Crippen LogP contribution < -0.4 is 10.4 Å². The maximum atomic E-state index is 13.2. The molecule has 0 saturated carbocycles. The van der Waals surface area contributed by atoms with Crippen LogP contribution >= 0.6 is 11.6 Å². The lowest BCUT2D eigenvalue weighted by atomic mass is 9.75. The van der Waals surface area contributed by atoms with E-state index in [1.165, 1.54) is 9.80 Å². The van der Waals surface area contributed by atoms with Crippen LogP contribution in [0.5, 0.6) is 0 Å². The molecule has 3 aliphatic heterocycles. The van der Waals surface area contributed by atoms with Crippen LogP contribution in [-0.4, -0.2) is 40.6 Å². The minimum absolute atomic E-state index is 0.383. The van der Waals surface area contributed by atoms with Crippen molar-refractivity contribution in [2.45, 2.75) is 52.0 Å². The second-order valence-corrected chi connectivity index (χ2v) is 8.83. The van der Waals surface area contributed by atoms with Crippen LogP contribution in [0.25, 0.3) is 0 Å². The Labute approximate surface area is 176 Å². The van der Waals surface area contributed by atoms with Gasteiger partial charge in [-0.15, -0.1) is 0 Å². The Morgan fingerprint density at radius 2 is 1.83 bits per heavy atom. The Morgan fingerprint density at radius 1 is 1.17 bits per heavy atom. The van der Waals surface area contributed by atoms with Gasteiger partial charge in [0.1, 0.15) is 0 Å². The molecule has 0 bridgehead atoms. The van der Waals surface area contributed by atoms with Gasteiger partial charge in [-0.05, 0) is 69.9 Å². The van der Waals surface area contributed by atoms with Gasteiger partial charge in [0.2, 0.25) is 0 Å². The van der Waals surface area contributed by atoms with Gasteiger partial charge in [0.15, 0.2) is 6.23 Å². The number of carbonyl (C=O) groups is 1. The Morgan fingerprint density at radius 3 is 2.48 bits per heavy atom. The Hall–Kier alpha value is -2.06. The molecule has 6 nitrogen and oxygen atoms in total. The first-order chi connectivity index (χ1) is 13.5. The highest BCUT2D eigenvalue weighted by Gasteiger charge is 2.52. The van der Waals surface area contributed by atoms with Gasteiger partial charge < -0.3 is 14.4 Å². The second kappa shape index (κ2) is 6.74. The number of aliphatic hydroxyl groups is 1. The summed E-state index contributed by atoms with van der Waals surface area (Å²) in [5, 5.41) is 11.1. The van der Waals surface area contributed by atoms with Gasteiger partial charge in [-0.25, -0.2) is 4.79 Å². The van der Waals surface area contributed by atoms with Gasteiger partial charge in [0.25, 0.3) is 0 Å². The van der Waals surface area contributed by atoms with Crippen LogP contribution in [-0.2, 0) is 9.31 Å². The van der Waals surface area contributed by atoms with E-state index in [2.05, 4.69) is 0 Å². The van der Waals surface area contributed by atoms with E-state index in [1.54, 1.807) is 30.5 Å². The molecule has 29 heavy (non-hydrogen) atoms. The smallest absolute Gasteiger partial charge is 0.399 e. The SMILES string of the molecule is Cc1c(B2OC(C)(C)C(C)(C)O2)cccc1N1C(=O)N2C=CC=C(Cl)C2=C[C@H]1O. The number of benzene rings is 1. The number of aliphatic hydroxyl groups excluding tert-OH is 1. The maximum Gasteiger partial charge on any atom is 0.495 e. The minimum atomic E-state index is -1.14. The van der Waals surface area contributed by atoms with Gasteiger partial charge in [-0.1, -0.05) is 23.7 Å². The van der Waals surface area contributed by atoms with Gasteiger partial charge in [0, 0.05) is 6.20 Å². The highest BCUT2D eigenvalue weighted by atomic mass is 35.5. The summed E-state index contributed by atoms with van der Waals surface area (Å²) in [6, 6.07) is 5.17. The molecule has 1 aromatic rings. The Kier molecular flexibility index (Phi) is 4.70. The normalized spacial score (nSPS) is 25.1. The first-order valence-electron chi connectivity index (χ1n) is 9.55. The molecule has 0 aromatic heterocycles. The third-order valence-electron chi connectivity index (χ3n) is 6.08. The summed E-state index contributed by atoms with van der Waals surface area (Å²) in [5.74, 6) is 0. The predicted molar refractivity (Wildman–Crippen MR) is 114 cm³/mol. The van der Waals surface area contributed by atoms with E-state index in [-0.39, 0.29) is 6.03 Å². The number of hydrogen-bond donors (Lipinski definition) is 1. The van der Waals surface area contributed by atoms with Gasteiger partial charge in [-0.3, -0.25) is 9.80 Å².